The van der Waals surface area contributed by atoms with Crippen LogP contribution in [0.2, 0.25) is 0 Å². The van der Waals surface area contributed by atoms with E-state index in [9.17, 15) is 9.18 Å². The van der Waals surface area contributed by atoms with Gasteiger partial charge in [-0.05, 0) is 35.9 Å². The third-order valence-corrected chi connectivity index (χ3v) is 2.63. The number of carbonyl (C=O) groups is 1. The molecule has 0 unspecified atom stereocenters. The van der Waals surface area contributed by atoms with Gasteiger partial charge in [0.05, 0.1) is 12.2 Å². The summed E-state index contributed by atoms with van der Waals surface area (Å²) in [7, 11) is 0. The molecular formula is C14H13FN2O2. The zero-order chi connectivity index (χ0) is 13.8. The smallest absolute Gasteiger partial charge is 0.257 e. The lowest BCUT2D eigenvalue weighted by Gasteiger charge is -2.08. The minimum atomic E-state index is -0.490. The zero-order valence-electron chi connectivity index (χ0n) is 10.1. The van der Waals surface area contributed by atoms with E-state index >= 15 is 0 Å². The molecule has 0 radical (unpaired) electrons. The highest BCUT2D eigenvalue weighted by molar-refractivity contribution is 6.07. The predicted octanol–water partition coefficient (Wildman–Crippen LogP) is 2.15. The number of nitrogen functional groups attached to an aromatic ring is 1. The van der Waals surface area contributed by atoms with E-state index in [2.05, 4.69) is 5.32 Å². The number of carbonyl (C=O) groups excluding carboxylic acids is 1. The molecule has 98 valence electrons. The summed E-state index contributed by atoms with van der Waals surface area (Å²) < 4.78 is 12.9. The molecule has 0 atom stereocenters. The maximum absolute atomic E-state index is 12.9. The Labute approximate surface area is 109 Å². The summed E-state index contributed by atoms with van der Waals surface area (Å²) >= 11 is 0. The lowest BCUT2D eigenvalue weighted by atomic mass is 10.1. The Balaban J connectivity index is 2.20. The van der Waals surface area contributed by atoms with E-state index in [0.717, 1.165) is 6.07 Å². The molecule has 2 rings (SSSR count). The van der Waals surface area contributed by atoms with Crippen LogP contribution in [0.3, 0.4) is 0 Å². The zero-order valence-corrected chi connectivity index (χ0v) is 10.1. The van der Waals surface area contributed by atoms with Crippen LogP contribution in [-0.4, -0.2) is 11.0 Å². The quantitative estimate of drug-likeness (QED) is 0.740. The molecule has 4 N–H and O–H groups in total. The van der Waals surface area contributed by atoms with E-state index < -0.39 is 11.7 Å². The van der Waals surface area contributed by atoms with Crippen molar-refractivity contribution in [3.05, 3.63) is 59.4 Å². The number of hydrogen-bond acceptors (Lipinski definition) is 3. The highest BCUT2D eigenvalue weighted by atomic mass is 19.1. The maximum Gasteiger partial charge on any atom is 0.257 e. The Morgan fingerprint density at radius 1 is 1.26 bits per heavy atom. The van der Waals surface area contributed by atoms with Gasteiger partial charge < -0.3 is 16.2 Å². The minimum absolute atomic E-state index is 0.0795. The van der Waals surface area contributed by atoms with Crippen LogP contribution in [-0.2, 0) is 6.61 Å². The molecule has 0 saturated heterocycles. The maximum atomic E-state index is 12.9. The molecule has 0 spiro atoms. The molecule has 0 aromatic heterocycles. The number of halogens is 1. The van der Waals surface area contributed by atoms with Crippen molar-refractivity contribution in [2.75, 3.05) is 11.1 Å². The monoisotopic (exact) mass is 260 g/mol. The first-order chi connectivity index (χ1) is 9.10. The second kappa shape index (κ2) is 5.49. The van der Waals surface area contributed by atoms with Gasteiger partial charge in [0.2, 0.25) is 0 Å². The topological polar surface area (TPSA) is 75.4 Å². The van der Waals surface area contributed by atoms with Crippen LogP contribution in [0.5, 0.6) is 0 Å². The van der Waals surface area contributed by atoms with E-state index in [1.54, 1.807) is 24.3 Å². The number of nitrogens with one attached hydrogen (secondary N) is 1. The van der Waals surface area contributed by atoms with Crippen LogP contribution in [0.4, 0.5) is 15.8 Å². The second-order valence-corrected chi connectivity index (χ2v) is 4.04. The lowest BCUT2D eigenvalue weighted by molar-refractivity contribution is 0.102. The Hall–Kier alpha value is -2.40. The van der Waals surface area contributed by atoms with E-state index in [0.29, 0.717) is 11.3 Å². The van der Waals surface area contributed by atoms with Crippen molar-refractivity contribution in [1.82, 2.24) is 0 Å². The minimum Gasteiger partial charge on any atom is -0.398 e. The van der Waals surface area contributed by atoms with Crippen LogP contribution in [0.15, 0.2) is 42.5 Å². The molecule has 19 heavy (non-hydrogen) atoms. The summed E-state index contributed by atoms with van der Waals surface area (Å²) in [4.78, 5) is 12.0. The molecule has 1 amide bonds. The fourth-order valence-electron chi connectivity index (χ4n) is 1.69. The fraction of sp³-hybridized carbons (Fsp3) is 0.0714. The molecule has 0 fully saturated rings. The second-order valence-electron chi connectivity index (χ2n) is 4.04. The standard InChI is InChI=1S/C14H13FN2O2/c15-10-4-5-12(13(16)7-10)14(19)17-11-3-1-2-9(6-11)8-18/h1-7,18H,8,16H2,(H,17,19). The van der Waals surface area contributed by atoms with Crippen LogP contribution < -0.4 is 11.1 Å². The Morgan fingerprint density at radius 3 is 2.74 bits per heavy atom. The molecule has 0 aliphatic carbocycles. The van der Waals surface area contributed by atoms with Crippen LogP contribution in [0.25, 0.3) is 0 Å². The number of anilines is 2. The van der Waals surface area contributed by atoms with Gasteiger partial charge in [-0.15, -0.1) is 0 Å². The molecule has 0 saturated carbocycles. The molecule has 2 aromatic rings. The van der Waals surface area contributed by atoms with Crippen molar-refractivity contribution < 1.29 is 14.3 Å². The number of aliphatic hydroxyl groups is 1. The largest absolute Gasteiger partial charge is 0.398 e. The molecule has 2 aromatic carbocycles. The lowest BCUT2D eigenvalue weighted by Crippen LogP contribution is -2.14. The van der Waals surface area contributed by atoms with E-state index in [1.165, 1.54) is 12.1 Å². The van der Waals surface area contributed by atoms with Gasteiger partial charge in [0.15, 0.2) is 0 Å². The van der Waals surface area contributed by atoms with Gasteiger partial charge in [-0.1, -0.05) is 12.1 Å². The van der Waals surface area contributed by atoms with Crippen LogP contribution >= 0.6 is 0 Å². The van der Waals surface area contributed by atoms with E-state index in [1.807, 2.05) is 0 Å². The Morgan fingerprint density at radius 2 is 2.05 bits per heavy atom. The molecule has 4 nitrogen and oxygen atoms in total. The Kier molecular flexibility index (Phi) is 3.77. The van der Waals surface area contributed by atoms with Gasteiger partial charge in [-0.3, -0.25) is 4.79 Å². The van der Waals surface area contributed by atoms with E-state index in [4.69, 9.17) is 10.8 Å². The van der Waals surface area contributed by atoms with Crippen molar-refractivity contribution in [2.45, 2.75) is 6.61 Å². The summed E-state index contributed by atoms with van der Waals surface area (Å²) in [5.74, 6) is -0.913. The number of aliphatic hydroxyl groups excluding tert-OH is 1. The molecule has 0 aliphatic rings. The number of hydrogen-bond donors (Lipinski definition) is 3. The highest BCUT2D eigenvalue weighted by Gasteiger charge is 2.10. The molecule has 0 bridgehead atoms. The average molecular weight is 260 g/mol. The first-order valence-corrected chi connectivity index (χ1v) is 5.66. The number of benzene rings is 2. The van der Waals surface area contributed by atoms with Gasteiger partial charge in [0, 0.05) is 11.4 Å². The average Bonchev–Trinajstić information content (AvgIpc) is 2.38. The number of rotatable bonds is 3. The Bertz CT molecular complexity index is 614. The predicted molar refractivity (Wildman–Crippen MR) is 71.1 cm³/mol. The third kappa shape index (κ3) is 3.08. The van der Waals surface area contributed by atoms with Crippen molar-refractivity contribution in [3.63, 3.8) is 0 Å². The normalized spacial score (nSPS) is 10.2. The van der Waals surface area contributed by atoms with Crippen LogP contribution in [0.1, 0.15) is 15.9 Å². The third-order valence-electron chi connectivity index (χ3n) is 2.63. The molecule has 0 aliphatic heterocycles. The van der Waals surface area contributed by atoms with Crippen molar-refractivity contribution in [2.24, 2.45) is 0 Å². The van der Waals surface area contributed by atoms with Gasteiger partial charge in [-0.2, -0.15) is 0 Å². The highest BCUT2D eigenvalue weighted by Crippen LogP contribution is 2.17. The SMILES string of the molecule is Nc1cc(F)ccc1C(=O)Nc1cccc(CO)c1. The van der Waals surface area contributed by atoms with Gasteiger partial charge in [0.1, 0.15) is 5.82 Å². The molecular weight excluding hydrogens is 247 g/mol. The molecule has 0 heterocycles. The van der Waals surface area contributed by atoms with Gasteiger partial charge in [0.25, 0.3) is 5.91 Å². The summed E-state index contributed by atoms with van der Waals surface area (Å²) in [6.45, 7) is -0.109. The number of nitrogens with two attached hydrogens (primary N) is 1. The van der Waals surface area contributed by atoms with Crippen LogP contribution in [0, 0.1) is 5.82 Å². The first-order valence-electron chi connectivity index (χ1n) is 5.66. The van der Waals surface area contributed by atoms with Gasteiger partial charge >= 0.3 is 0 Å². The van der Waals surface area contributed by atoms with Crippen molar-refractivity contribution in [1.29, 1.82) is 0 Å². The summed E-state index contributed by atoms with van der Waals surface area (Å²) in [6.07, 6.45) is 0. The molecule has 5 heteroatoms. The van der Waals surface area contributed by atoms with Crippen molar-refractivity contribution >= 4 is 17.3 Å². The number of amides is 1. The fourth-order valence-corrected chi connectivity index (χ4v) is 1.69. The van der Waals surface area contributed by atoms with E-state index in [-0.39, 0.29) is 17.9 Å². The summed E-state index contributed by atoms with van der Waals surface area (Å²) in [5, 5.41) is 11.7. The van der Waals surface area contributed by atoms with Crippen molar-refractivity contribution in [3.8, 4) is 0 Å². The summed E-state index contributed by atoms with van der Waals surface area (Å²) in [5.41, 5.74) is 7.10. The first kappa shape index (κ1) is 13.0. The van der Waals surface area contributed by atoms with Gasteiger partial charge in [-0.25, -0.2) is 4.39 Å². The summed E-state index contributed by atoms with van der Waals surface area (Å²) in [6, 6.07) is 10.4.